The van der Waals surface area contributed by atoms with Crippen LogP contribution in [0, 0.1) is 5.82 Å². The van der Waals surface area contributed by atoms with Crippen LogP contribution in [0.5, 0.6) is 5.75 Å². The highest BCUT2D eigenvalue weighted by atomic mass is 19.1. The van der Waals surface area contributed by atoms with E-state index >= 15 is 0 Å². The summed E-state index contributed by atoms with van der Waals surface area (Å²) >= 11 is 0. The average molecular weight is 339 g/mol. The number of halogens is 1. The zero-order valence-corrected chi connectivity index (χ0v) is 13.6. The van der Waals surface area contributed by atoms with Gasteiger partial charge in [-0.1, -0.05) is 12.1 Å². The molecule has 5 nitrogen and oxygen atoms in total. The summed E-state index contributed by atoms with van der Waals surface area (Å²) in [5.74, 6) is -0.302. The third kappa shape index (κ3) is 2.21. The van der Waals surface area contributed by atoms with Crippen LogP contribution in [0.3, 0.4) is 0 Å². The monoisotopic (exact) mass is 339 g/mol. The molecule has 1 atom stereocenters. The SMILES string of the molecule is COc1cccc(C2c3c(oc4ccc(F)cc4c3=O)C(=O)N2C)c1. The van der Waals surface area contributed by atoms with E-state index in [-0.39, 0.29) is 28.2 Å². The highest BCUT2D eigenvalue weighted by Gasteiger charge is 2.40. The molecular formula is C19H14FNO4. The number of fused-ring (bicyclic) bond motifs is 2. The quantitative estimate of drug-likeness (QED) is 0.720. The van der Waals surface area contributed by atoms with E-state index in [9.17, 15) is 14.0 Å². The Morgan fingerprint density at radius 1 is 1.16 bits per heavy atom. The van der Waals surface area contributed by atoms with Crippen LogP contribution in [-0.2, 0) is 0 Å². The molecule has 1 aromatic heterocycles. The number of hydrogen-bond acceptors (Lipinski definition) is 4. The second kappa shape index (κ2) is 5.44. The molecule has 0 saturated heterocycles. The second-order valence-electron chi connectivity index (χ2n) is 5.91. The van der Waals surface area contributed by atoms with Gasteiger partial charge in [0.2, 0.25) is 5.76 Å². The van der Waals surface area contributed by atoms with E-state index in [4.69, 9.17) is 9.15 Å². The lowest BCUT2D eigenvalue weighted by Crippen LogP contribution is -2.25. The van der Waals surface area contributed by atoms with E-state index in [0.717, 1.165) is 11.6 Å². The number of nitrogens with zero attached hydrogens (tertiary/aromatic N) is 1. The Hall–Kier alpha value is -3.15. The maximum atomic E-state index is 13.6. The summed E-state index contributed by atoms with van der Waals surface area (Å²) in [5, 5.41) is 0.120. The minimum Gasteiger partial charge on any atom is -0.497 e. The first-order valence-corrected chi connectivity index (χ1v) is 7.68. The van der Waals surface area contributed by atoms with Gasteiger partial charge < -0.3 is 14.1 Å². The first-order valence-electron chi connectivity index (χ1n) is 7.68. The third-order valence-corrected chi connectivity index (χ3v) is 4.47. The van der Waals surface area contributed by atoms with E-state index in [1.165, 1.54) is 17.0 Å². The van der Waals surface area contributed by atoms with Gasteiger partial charge in [-0.2, -0.15) is 0 Å². The molecule has 0 bridgehead atoms. The van der Waals surface area contributed by atoms with E-state index in [1.54, 1.807) is 38.4 Å². The van der Waals surface area contributed by atoms with Crippen molar-refractivity contribution >= 4 is 16.9 Å². The van der Waals surface area contributed by atoms with Gasteiger partial charge in [-0.05, 0) is 35.9 Å². The molecule has 1 aliphatic rings. The van der Waals surface area contributed by atoms with Crippen molar-refractivity contribution in [2.45, 2.75) is 6.04 Å². The van der Waals surface area contributed by atoms with Crippen LogP contribution >= 0.6 is 0 Å². The summed E-state index contributed by atoms with van der Waals surface area (Å²) in [4.78, 5) is 27.0. The predicted molar refractivity (Wildman–Crippen MR) is 89.4 cm³/mol. The third-order valence-electron chi connectivity index (χ3n) is 4.47. The van der Waals surface area contributed by atoms with Gasteiger partial charge in [-0.25, -0.2) is 4.39 Å². The number of ether oxygens (including phenoxy) is 1. The molecule has 0 fully saturated rings. The van der Waals surface area contributed by atoms with Crippen LogP contribution in [-0.4, -0.2) is 25.0 Å². The van der Waals surface area contributed by atoms with Crippen molar-refractivity contribution < 1.29 is 18.3 Å². The maximum Gasteiger partial charge on any atom is 0.290 e. The second-order valence-corrected chi connectivity index (χ2v) is 5.91. The fourth-order valence-corrected chi connectivity index (χ4v) is 3.26. The van der Waals surface area contributed by atoms with Crippen molar-refractivity contribution in [1.82, 2.24) is 4.90 Å². The van der Waals surface area contributed by atoms with Crippen molar-refractivity contribution in [3.63, 3.8) is 0 Å². The smallest absolute Gasteiger partial charge is 0.290 e. The maximum absolute atomic E-state index is 13.6. The van der Waals surface area contributed by atoms with Gasteiger partial charge in [0.05, 0.1) is 24.1 Å². The van der Waals surface area contributed by atoms with Crippen LogP contribution in [0.2, 0.25) is 0 Å². The van der Waals surface area contributed by atoms with Crippen LogP contribution in [0.1, 0.15) is 27.7 Å². The summed E-state index contributed by atoms with van der Waals surface area (Å²) in [6, 6.07) is 10.2. The molecule has 25 heavy (non-hydrogen) atoms. The van der Waals surface area contributed by atoms with Crippen molar-refractivity contribution in [3.05, 3.63) is 75.4 Å². The van der Waals surface area contributed by atoms with Crippen molar-refractivity contribution in [2.24, 2.45) is 0 Å². The summed E-state index contributed by atoms with van der Waals surface area (Å²) in [6.45, 7) is 0. The number of methoxy groups -OCH3 is 1. The molecule has 3 aromatic rings. The van der Waals surface area contributed by atoms with Crippen molar-refractivity contribution in [1.29, 1.82) is 0 Å². The molecule has 0 saturated carbocycles. The summed E-state index contributed by atoms with van der Waals surface area (Å²) in [7, 11) is 3.15. The van der Waals surface area contributed by atoms with E-state index in [1.807, 2.05) is 0 Å². The molecule has 126 valence electrons. The van der Waals surface area contributed by atoms with Gasteiger partial charge in [0.25, 0.3) is 5.91 Å². The molecule has 0 N–H and O–H groups in total. The predicted octanol–water partition coefficient (Wildman–Crippen LogP) is 3.12. The molecule has 1 amide bonds. The molecule has 1 unspecified atom stereocenters. The largest absolute Gasteiger partial charge is 0.497 e. The fraction of sp³-hybridized carbons (Fsp3) is 0.158. The van der Waals surface area contributed by atoms with Crippen LogP contribution in [0.15, 0.2) is 51.7 Å². The van der Waals surface area contributed by atoms with Gasteiger partial charge in [0.15, 0.2) is 5.43 Å². The molecule has 4 rings (SSSR count). The Labute approximate surface area is 142 Å². The van der Waals surface area contributed by atoms with Crippen LogP contribution < -0.4 is 10.2 Å². The van der Waals surface area contributed by atoms with E-state index < -0.39 is 17.3 Å². The van der Waals surface area contributed by atoms with Gasteiger partial charge in [0, 0.05) is 7.05 Å². The minimum atomic E-state index is -0.610. The Kier molecular flexibility index (Phi) is 3.35. The van der Waals surface area contributed by atoms with Crippen molar-refractivity contribution in [3.8, 4) is 5.75 Å². The number of amides is 1. The molecule has 0 spiro atoms. The van der Waals surface area contributed by atoms with Gasteiger partial charge >= 0.3 is 0 Å². The number of benzene rings is 2. The van der Waals surface area contributed by atoms with Crippen molar-refractivity contribution in [2.75, 3.05) is 14.2 Å². The zero-order chi connectivity index (χ0) is 17.7. The highest BCUT2D eigenvalue weighted by Crippen LogP contribution is 2.37. The number of rotatable bonds is 2. The lowest BCUT2D eigenvalue weighted by atomic mass is 9.98. The molecule has 0 radical (unpaired) electrons. The first-order chi connectivity index (χ1) is 12.0. The van der Waals surface area contributed by atoms with E-state index in [0.29, 0.717) is 5.75 Å². The Balaban J connectivity index is 2.01. The lowest BCUT2D eigenvalue weighted by molar-refractivity contribution is 0.0771. The zero-order valence-electron chi connectivity index (χ0n) is 13.6. The van der Waals surface area contributed by atoms with Gasteiger partial charge in [-0.15, -0.1) is 0 Å². The molecule has 2 heterocycles. The summed E-state index contributed by atoms with van der Waals surface area (Å²) in [5.41, 5.74) is 0.732. The lowest BCUT2D eigenvalue weighted by Gasteiger charge is -2.20. The van der Waals surface area contributed by atoms with Crippen LogP contribution in [0.25, 0.3) is 11.0 Å². The van der Waals surface area contributed by atoms with E-state index in [2.05, 4.69) is 0 Å². The Morgan fingerprint density at radius 3 is 2.72 bits per heavy atom. The number of carbonyl (C=O) groups excluding carboxylic acids is 1. The summed E-state index contributed by atoms with van der Waals surface area (Å²) in [6.07, 6.45) is 0. The highest BCUT2D eigenvalue weighted by molar-refractivity contribution is 5.98. The topological polar surface area (TPSA) is 59.8 Å². The summed E-state index contributed by atoms with van der Waals surface area (Å²) < 4.78 is 24.4. The van der Waals surface area contributed by atoms with Crippen LogP contribution in [0.4, 0.5) is 4.39 Å². The minimum absolute atomic E-state index is 0.000530. The Bertz CT molecular complexity index is 1070. The molecule has 1 aliphatic heterocycles. The first kappa shape index (κ1) is 15.4. The van der Waals surface area contributed by atoms with Gasteiger partial charge in [0.1, 0.15) is 17.1 Å². The standard InChI is InChI=1S/C19H14FNO4/c1-21-16(10-4-3-5-12(8-10)24-2)15-17(22)13-9-11(20)6-7-14(13)25-18(15)19(21)23/h3-9,16H,1-2H3. The average Bonchev–Trinajstić information content (AvgIpc) is 2.87. The molecule has 6 heteroatoms. The molecule has 2 aromatic carbocycles. The fourth-order valence-electron chi connectivity index (χ4n) is 3.26. The normalized spacial score (nSPS) is 16.4. The van der Waals surface area contributed by atoms with Gasteiger partial charge in [-0.3, -0.25) is 9.59 Å². The Morgan fingerprint density at radius 2 is 1.96 bits per heavy atom. The number of carbonyl (C=O) groups is 1. The molecule has 0 aliphatic carbocycles. The number of hydrogen-bond donors (Lipinski definition) is 0. The molecular weight excluding hydrogens is 325 g/mol.